The Labute approximate surface area is 83.5 Å². The minimum atomic E-state index is 0.639. The molecule has 0 N–H and O–H groups in total. The Bertz CT molecular complexity index is 400. The minimum Gasteiger partial charge on any atom is -0.327 e. The van der Waals surface area contributed by atoms with Gasteiger partial charge in [0.05, 0.1) is 6.54 Å². The number of hydrogen-bond donors (Lipinski definition) is 0. The second-order valence-corrected chi connectivity index (χ2v) is 3.31. The largest absolute Gasteiger partial charge is 0.327 e. The van der Waals surface area contributed by atoms with Gasteiger partial charge in [0.25, 0.3) is 0 Å². The molecule has 0 atom stereocenters. The van der Waals surface area contributed by atoms with E-state index >= 15 is 0 Å². The first-order chi connectivity index (χ1) is 6.90. The van der Waals surface area contributed by atoms with Gasteiger partial charge in [-0.05, 0) is 23.5 Å². The zero-order chi connectivity index (χ0) is 9.80. The van der Waals surface area contributed by atoms with Gasteiger partial charge in [-0.3, -0.25) is 4.79 Å². The van der Waals surface area contributed by atoms with Crippen LogP contribution in [-0.4, -0.2) is 17.7 Å². The van der Waals surface area contributed by atoms with E-state index in [4.69, 9.17) is 0 Å². The SMILES string of the molecule is O=CC#CN1CCc2ccccc2C1. The summed E-state index contributed by atoms with van der Waals surface area (Å²) in [6.45, 7) is 1.74. The van der Waals surface area contributed by atoms with Gasteiger partial charge < -0.3 is 4.90 Å². The molecule has 0 saturated carbocycles. The summed E-state index contributed by atoms with van der Waals surface area (Å²) in [5.74, 6) is 2.44. The van der Waals surface area contributed by atoms with Gasteiger partial charge in [-0.15, -0.1) is 0 Å². The Morgan fingerprint density at radius 1 is 1.29 bits per heavy atom. The van der Waals surface area contributed by atoms with Crippen LogP contribution in [0, 0.1) is 12.0 Å². The fourth-order valence-corrected chi connectivity index (χ4v) is 1.71. The van der Waals surface area contributed by atoms with Crippen LogP contribution in [0.15, 0.2) is 24.3 Å². The fourth-order valence-electron chi connectivity index (χ4n) is 1.71. The van der Waals surface area contributed by atoms with Crippen molar-refractivity contribution >= 4 is 6.29 Å². The van der Waals surface area contributed by atoms with Crippen LogP contribution < -0.4 is 0 Å². The average Bonchev–Trinajstić information content (AvgIpc) is 2.26. The summed E-state index contributed by atoms with van der Waals surface area (Å²) >= 11 is 0. The van der Waals surface area contributed by atoms with Crippen molar-refractivity contribution in [2.24, 2.45) is 0 Å². The third kappa shape index (κ3) is 1.77. The van der Waals surface area contributed by atoms with Crippen LogP contribution >= 0.6 is 0 Å². The molecule has 70 valence electrons. The van der Waals surface area contributed by atoms with Crippen molar-refractivity contribution < 1.29 is 4.79 Å². The highest BCUT2D eigenvalue weighted by molar-refractivity contribution is 5.72. The van der Waals surface area contributed by atoms with Crippen molar-refractivity contribution in [1.82, 2.24) is 4.90 Å². The van der Waals surface area contributed by atoms with Crippen LogP contribution in [0.5, 0.6) is 0 Å². The molecule has 1 aliphatic rings. The van der Waals surface area contributed by atoms with E-state index in [1.54, 1.807) is 0 Å². The molecule has 2 nitrogen and oxygen atoms in total. The van der Waals surface area contributed by atoms with E-state index in [1.165, 1.54) is 11.1 Å². The van der Waals surface area contributed by atoms with Gasteiger partial charge in [-0.25, -0.2) is 0 Å². The van der Waals surface area contributed by atoms with Crippen LogP contribution in [-0.2, 0) is 17.8 Å². The molecule has 0 amide bonds. The average molecular weight is 185 g/mol. The molecule has 0 aliphatic carbocycles. The van der Waals surface area contributed by atoms with Crippen molar-refractivity contribution in [3.63, 3.8) is 0 Å². The highest BCUT2D eigenvalue weighted by atomic mass is 16.1. The molecule has 0 unspecified atom stereocenters. The number of rotatable bonds is 0. The molecule has 0 aromatic heterocycles. The topological polar surface area (TPSA) is 20.3 Å². The second kappa shape index (κ2) is 3.97. The van der Waals surface area contributed by atoms with Crippen LogP contribution in [0.25, 0.3) is 0 Å². The number of carbonyl (C=O) groups is 1. The molecule has 1 aromatic rings. The normalized spacial score (nSPS) is 13.9. The van der Waals surface area contributed by atoms with Gasteiger partial charge in [0.15, 0.2) is 6.29 Å². The summed E-state index contributed by atoms with van der Waals surface area (Å²) in [5, 5.41) is 0. The van der Waals surface area contributed by atoms with Crippen LogP contribution in [0.4, 0.5) is 0 Å². The molecule has 2 rings (SSSR count). The molecule has 0 fully saturated rings. The third-order valence-corrected chi connectivity index (χ3v) is 2.41. The van der Waals surface area contributed by atoms with E-state index in [9.17, 15) is 4.79 Å². The first kappa shape index (κ1) is 8.83. The lowest BCUT2D eigenvalue weighted by Crippen LogP contribution is -2.26. The van der Waals surface area contributed by atoms with Gasteiger partial charge in [-0.1, -0.05) is 24.3 Å². The monoisotopic (exact) mass is 185 g/mol. The molecular weight excluding hydrogens is 174 g/mol. The molecule has 0 bridgehead atoms. The summed E-state index contributed by atoms with van der Waals surface area (Å²) in [6.07, 6.45) is 1.66. The van der Waals surface area contributed by atoms with Gasteiger partial charge in [0.1, 0.15) is 0 Å². The van der Waals surface area contributed by atoms with Crippen molar-refractivity contribution in [2.45, 2.75) is 13.0 Å². The number of benzene rings is 1. The first-order valence-corrected chi connectivity index (χ1v) is 4.66. The molecule has 0 saturated heterocycles. The molecule has 0 radical (unpaired) electrons. The molecule has 0 spiro atoms. The highest BCUT2D eigenvalue weighted by Crippen LogP contribution is 2.17. The smallest absolute Gasteiger partial charge is 0.194 e. The van der Waals surface area contributed by atoms with E-state index in [2.05, 4.69) is 30.2 Å². The number of aldehydes is 1. The number of nitrogens with zero attached hydrogens (tertiary/aromatic N) is 1. The molecule has 14 heavy (non-hydrogen) atoms. The maximum absolute atomic E-state index is 10.1. The predicted molar refractivity (Wildman–Crippen MR) is 54.4 cm³/mol. The molecule has 2 heteroatoms. The summed E-state index contributed by atoms with van der Waals surface area (Å²) in [5.41, 5.74) is 2.72. The van der Waals surface area contributed by atoms with Gasteiger partial charge in [0, 0.05) is 12.6 Å². The Hall–Kier alpha value is -1.75. The predicted octanol–water partition coefficient (Wildman–Crippen LogP) is 1.20. The van der Waals surface area contributed by atoms with Gasteiger partial charge in [0.2, 0.25) is 0 Å². The summed E-state index contributed by atoms with van der Waals surface area (Å²) in [6, 6.07) is 11.2. The molecular formula is C12H11NO. The summed E-state index contributed by atoms with van der Waals surface area (Å²) in [4.78, 5) is 12.1. The van der Waals surface area contributed by atoms with E-state index < -0.39 is 0 Å². The number of hydrogen-bond acceptors (Lipinski definition) is 2. The van der Waals surface area contributed by atoms with Gasteiger partial charge >= 0.3 is 0 Å². The maximum atomic E-state index is 10.1. The molecule has 1 aliphatic heterocycles. The minimum absolute atomic E-state index is 0.639. The number of fused-ring (bicyclic) bond motifs is 1. The zero-order valence-corrected chi connectivity index (χ0v) is 7.86. The third-order valence-electron chi connectivity index (χ3n) is 2.41. The van der Waals surface area contributed by atoms with Crippen molar-refractivity contribution in [1.29, 1.82) is 0 Å². The first-order valence-electron chi connectivity index (χ1n) is 4.66. The van der Waals surface area contributed by atoms with E-state index in [1.807, 2.05) is 11.0 Å². The maximum Gasteiger partial charge on any atom is 0.194 e. The second-order valence-electron chi connectivity index (χ2n) is 3.31. The van der Waals surface area contributed by atoms with Crippen molar-refractivity contribution in [2.75, 3.05) is 6.54 Å². The van der Waals surface area contributed by atoms with Crippen LogP contribution in [0.3, 0.4) is 0 Å². The summed E-state index contributed by atoms with van der Waals surface area (Å²) in [7, 11) is 0. The van der Waals surface area contributed by atoms with Crippen LogP contribution in [0.2, 0.25) is 0 Å². The lowest BCUT2D eigenvalue weighted by molar-refractivity contribution is -0.103. The summed E-state index contributed by atoms with van der Waals surface area (Å²) < 4.78 is 0. The Morgan fingerprint density at radius 2 is 2.07 bits per heavy atom. The Kier molecular flexibility index (Phi) is 2.51. The zero-order valence-electron chi connectivity index (χ0n) is 7.86. The lowest BCUT2D eigenvalue weighted by Gasteiger charge is -2.25. The molecule has 1 aromatic carbocycles. The molecule has 1 heterocycles. The van der Waals surface area contributed by atoms with E-state index in [0.29, 0.717) is 6.29 Å². The Balaban J connectivity index is 2.17. The van der Waals surface area contributed by atoms with E-state index in [0.717, 1.165) is 19.5 Å². The van der Waals surface area contributed by atoms with Crippen molar-refractivity contribution in [3.8, 4) is 12.0 Å². The quantitative estimate of drug-likeness (QED) is 0.447. The lowest BCUT2D eigenvalue weighted by atomic mass is 10.0. The van der Waals surface area contributed by atoms with Gasteiger partial charge in [-0.2, -0.15) is 0 Å². The number of carbonyl (C=O) groups excluding carboxylic acids is 1. The van der Waals surface area contributed by atoms with Crippen molar-refractivity contribution in [3.05, 3.63) is 35.4 Å². The fraction of sp³-hybridized carbons (Fsp3) is 0.250. The standard InChI is InChI=1S/C12H11NO/c14-9-3-7-13-8-6-11-4-1-2-5-12(11)10-13/h1-2,4-5,9H,6,8,10H2. The highest BCUT2D eigenvalue weighted by Gasteiger charge is 2.12. The van der Waals surface area contributed by atoms with E-state index in [-0.39, 0.29) is 0 Å². The van der Waals surface area contributed by atoms with Crippen LogP contribution in [0.1, 0.15) is 11.1 Å². The Morgan fingerprint density at radius 3 is 2.86 bits per heavy atom.